The minimum absolute atomic E-state index is 0.121. The van der Waals surface area contributed by atoms with E-state index in [1.165, 1.54) is 6.07 Å². The maximum Gasteiger partial charge on any atom is 0.311 e. The molecule has 0 spiro atoms. The molecule has 0 amide bonds. The molecule has 0 saturated carbocycles. The normalized spacial score (nSPS) is 19.3. The summed E-state index contributed by atoms with van der Waals surface area (Å²) in [5.74, 6) is 0.691. The number of aromatic nitrogens is 1. The minimum atomic E-state index is -1.58. The van der Waals surface area contributed by atoms with Gasteiger partial charge in [-0.25, -0.2) is 9.37 Å². The highest BCUT2D eigenvalue weighted by atomic mass is 19.1. The van der Waals surface area contributed by atoms with E-state index in [0.29, 0.717) is 30.9 Å². The lowest BCUT2D eigenvalue weighted by Crippen LogP contribution is -2.47. The van der Waals surface area contributed by atoms with Crippen molar-refractivity contribution in [1.82, 2.24) is 4.98 Å². The number of aliphatic hydroxyl groups is 1. The lowest BCUT2D eigenvalue weighted by atomic mass is 9.95. The van der Waals surface area contributed by atoms with E-state index in [4.69, 9.17) is 0 Å². The molecule has 1 aliphatic heterocycles. The van der Waals surface area contributed by atoms with Gasteiger partial charge < -0.3 is 20.6 Å². The number of pyridine rings is 1. The molecule has 156 valence electrons. The highest BCUT2D eigenvalue weighted by molar-refractivity contribution is 5.69. The van der Waals surface area contributed by atoms with E-state index in [-0.39, 0.29) is 24.1 Å². The van der Waals surface area contributed by atoms with Crippen molar-refractivity contribution in [2.45, 2.75) is 38.4 Å². The van der Waals surface area contributed by atoms with Crippen LogP contribution < -0.4 is 15.5 Å². The minimum Gasteiger partial charge on any atom is -0.393 e. The maximum atomic E-state index is 14.5. The smallest absolute Gasteiger partial charge is 0.311 e. The number of nitrogens with one attached hydrogen (secondary N) is 2. The van der Waals surface area contributed by atoms with Crippen molar-refractivity contribution < 1.29 is 14.4 Å². The Bertz CT molecular complexity index is 862. The van der Waals surface area contributed by atoms with Crippen LogP contribution in [0.1, 0.15) is 26.7 Å². The van der Waals surface area contributed by atoms with Gasteiger partial charge in [-0.05, 0) is 57.0 Å². The zero-order valence-electron chi connectivity index (χ0n) is 16.6. The highest BCUT2D eigenvalue weighted by Gasteiger charge is 2.34. The molecule has 8 nitrogen and oxygen atoms in total. The Balaban J connectivity index is 1.78. The molecule has 0 bridgehead atoms. The third kappa shape index (κ3) is 5.11. The second-order valence-corrected chi connectivity index (χ2v) is 7.63. The summed E-state index contributed by atoms with van der Waals surface area (Å²) in [5, 5.41) is 26.8. The standard InChI is InChI=1S/C20H26FN5O3/c1-14(2)22-18-9-8-17(26(28)29)19(24-18)23-15-4-6-16(7-5-15)25-11-3-10-20(21,12-25)13-27/h4-9,14,27H,3,10-13H2,1-2H3,(H2,22,23,24). The first-order chi connectivity index (χ1) is 13.8. The van der Waals surface area contributed by atoms with Gasteiger partial charge in [0.15, 0.2) is 5.67 Å². The molecule has 3 N–H and O–H groups in total. The van der Waals surface area contributed by atoms with Crippen molar-refractivity contribution in [2.75, 3.05) is 35.2 Å². The summed E-state index contributed by atoms with van der Waals surface area (Å²) in [5.41, 5.74) is -0.228. The van der Waals surface area contributed by atoms with Gasteiger partial charge in [0.05, 0.1) is 18.1 Å². The molecule has 2 heterocycles. The fourth-order valence-electron chi connectivity index (χ4n) is 3.40. The summed E-state index contributed by atoms with van der Waals surface area (Å²) in [4.78, 5) is 17.1. The van der Waals surface area contributed by atoms with Crippen molar-refractivity contribution in [3.8, 4) is 0 Å². The number of hydrogen-bond acceptors (Lipinski definition) is 7. The Kier molecular flexibility index (Phi) is 6.17. The van der Waals surface area contributed by atoms with Gasteiger partial charge in [-0.3, -0.25) is 10.1 Å². The highest BCUT2D eigenvalue weighted by Crippen LogP contribution is 2.31. The van der Waals surface area contributed by atoms with Crippen LogP contribution in [0.5, 0.6) is 0 Å². The number of aliphatic hydroxyl groups excluding tert-OH is 1. The number of nitro groups is 1. The van der Waals surface area contributed by atoms with Gasteiger partial charge in [-0.15, -0.1) is 0 Å². The molecule has 0 aliphatic carbocycles. The zero-order chi connectivity index (χ0) is 21.0. The van der Waals surface area contributed by atoms with Gasteiger partial charge in [-0.2, -0.15) is 0 Å². The first kappa shape index (κ1) is 20.8. The first-order valence-electron chi connectivity index (χ1n) is 9.63. The summed E-state index contributed by atoms with van der Waals surface area (Å²) in [6.45, 7) is 4.29. The molecule has 1 atom stereocenters. The van der Waals surface area contributed by atoms with Crippen molar-refractivity contribution in [3.05, 3.63) is 46.5 Å². The number of piperidine rings is 1. The Morgan fingerprint density at radius 3 is 2.66 bits per heavy atom. The third-order valence-corrected chi connectivity index (χ3v) is 4.81. The van der Waals surface area contributed by atoms with Crippen molar-refractivity contribution in [2.24, 2.45) is 0 Å². The van der Waals surface area contributed by atoms with Gasteiger partial charge in [0.25, 0.3) is 0 Å². The molecule has 9 heteroatoms. The monoisotopic (exact) mass is 403 g/mol. The number of anilines is 4. The SMILES string of the molecule is CC(C)Nc1ccc([N+](=O)[O-])c(Nc2ccc(N3CCCC(F)(CO)C3)cc2)n1. The molecule has 1 aromatic heterocycles. The number of benzene rings is 1. The van der Waals surface area contributed by atoms with Crippen molar-refractivity contribution in [3.63, 3.8) is 0 Å². The van der Waals surface area contributed by atoms with Crippen LogP contribution >= 0.6 is 0 Å². The summed E-state index contributed by atoms with van der Waals surface area (Å²) in [6, 6.07) is 10.3. The van der Waals surface area contributed by atoms with Crippen molar-refractivity contribution in [1.29, 1.82) is 0 Å². The van der Waals surface area contributed by atoms with E-state index >= 15 is 0 Å². The molecule has 1 saturated heterocycles. The van der Waals surface area contributed by atoms with Crippen LogP contribution in [-0.4, -0.2) is 46.4 Å². The molecule has 3 rings (SSSR count). The van der Waals surface area contributed by atoms with E-state index in [1.807, 2.05) is 30.9 Å². The Morgan fingerprint density at radius 1 is 1.31 bits per heavy atom. The number of hydrogen-bond donors (Lipinski definition) is 3. The molecular formula is C20H26FN5O3. The Morgan fingerprint density at radius 2 is 2.03 bits per heavy atom. The van der Waals surface area contributed by atoms with Crippen LogP contribution in [0.3, 0.4) is 0 Å². The number of halogens is 1. The predicted molar refractivity (Wildman–Crippen MR) is 112 cm³/mol. The van der Waals surface area contributed by atoms with Crippen molar-refractivity contribution >= 4 is 28.7 Å². The third-order valence-electron chi connectivity index (χ3n) is 4.81. The Labute approximate surface area is 168 Å². The average molecular weight is 403 g/mol. The summed E-state index contributed by atoms with van der Waals surface area (Å²) in [7, 11) is 0. The molecule has 29 heavy (non-hydrogen) atoms. The predicted octanol–water partition coefficient (Wildman–Crippen LogP) is 3.85. The second-order valence-electron chi connectivity index (χ2n) is 7.63. The quantitative estimate of drug-likeness (QED) is 0.476. The van der Waals surface area contributed by atoms with Gasteiger partial charge in [0.1, 0.15) is 5.82 Å². The van der Waals surface area contributed by atoms with Gasteiger partial charge >= 0.3 is 5.69 Å². The fraction of sp³-hybridized carbons (Fsp3) is 0.450. The molecule has 1 aromatic carbocycles. The summed E-state index contributed by atoms with van der Waals surface area (Å²) in [6.07, 6.45) is 1.03. The lowest BCUT2D eigenvalue weighted by molar-refractivity contribution is -0.384. The molecule has 2 aromatic rings. The van der Waals surface area contributed by atoms with Gasteiger partial charge in [0.2, 0.25) is 5.82 Å². The second kappa shape index (κ2) is 8.60. The molecule has 1 aliphatic rings. The van der Waals surface area contributed by atoms with E-state index < -0.39 is 17.2 Å². The van der Waals surface area contributed by atoms with E-state index in [2.05, 4.69) is 15.6 Å². The Hall–Kier alpha value is -2.94. The lowest BCUT2D eigenvalue weighted by Gasteiger charge is -2.37. The molecule has 1 unspecified atom stereocenters. The molecule has 0 radical (unpaired) electrons. The van der Waals surface area contributed by atoms with E-state index in [1.54, 1.807) is 18.2 Å². The number of alkyl halides is 1. The summed E-state index contributed by atoms with van der Waals surface area (Å²) >= 11 is 0. The number of nitrogens with zero attached hydrogens (tertiary/aromatic N) is 3. The largest absolute Gasteiger partial charge is 0.393 e. The molecule has 1 fully saturated rings. The first-order valence-corrected chi connectivity index (χ1v) is 9.63. The average Bonchev–Trinajstić information content (AvgIpc) is 2.68. The van der Waals surface area contributed by atoms with E-state index in [0.717, 1.165) is 5.69 Å². The topological polar surface area (TPSA) is 104 Å². The van der Waals surface area contributed by atoms with E-state index in [9.17, 15) is 19.6 Å². The van der Waals surface area contributed by atoms with Crippen LogP contribution in [0.25, 0.3) is 0 Å². The van der Waals surface area contributed by atoms with Crippen LogP contribution in [-0.2, 0) is 0 Å². The molecular weight excluding hydrogens is 377 g/mol. The maximum absolute atomic E-state index is 14.5. The van der Waals surface area contributed by atoms with Crippen LogP contribution in [0, 0.1) is 10.1 Å². The number of rotatable bonds is 7. The van der Waals surface area contributed by atoms with Crippen LogP contribution in [0.15, 0.2) is 36.4 Å². The summed E-state index contributed by atoms with van der Waals surface area (Å²) < 4.78 is 14.5. The van der Waals surface area contributed by atoms with Crippen LogP contribution in [0.4, 0.5) is 33.1 Å². The fourth-order valence-corrected chi connectivity index (χ4v) is 3.40. The van der Waals surface area contributed by atoms with Gasteiger partial charge in [0, 0.05) is 30.0 Å². The zero-order valence-corrected chi connectivity index (χ0v) is 16.6. The van der Waals surface area contributed by atoms with Crippen LogP contribution in [0.2, 0.25) is 0 Å². The van der Waals surface area contributed by atoms with Gasteiger partial charge in [-0.1, -0.05) is 0 Å².